The number of allylic oxidation sites excluding steroid dienone is 4. The lowest BCUT2D eigenvalue weighted by atomic mass is 10.1. The molecule has 0 fully saturated rings. The standard InChI is InChI=1S/C17H23NOS/c1-8-10-13(5)15(7)18-17(19)14(6)16(9-2)20-11-12(3)4/h2,8,10-11,15H,1H2,3-7H3,(H,18,19). The van der Waals surface area contributed by atoms with Gasteiger partial charge in [0.1, 0.15) is 0 Å². The molecule has 20 heavy (non-hydrogen) atoms. The van der Waals surface area contributed by atoms with Gasteiger partial charge in [-0.1, -0.05) is 47.6 Å². The van der Waals surface area contributed by atoms with Crippen LogP contribution < -0.4 is 5.32 Å². The molecule has 108 valence electrons. The van der Waals surface area contributed by atoms with Crippen LogP contribution in [-0.4, -0.2) is 11.9 Å². The first-order chi connectivity index (χ1) is 9.33. The number of thioether (sulfide) groups is 1. The number of nitrogens with one attached hydrogen (secondary N) is 1. The predicted molar refractivity (Wildman–Crippen MR) is 90.1 cm³/mol. The number of hydrogen-bond acceptors (Lipinski definition) is 2. The summed E-state index contributed by atoms with van der Waals surface area (Å²) >= 11 is 1.40. The summed E-state index contributed by atoms with van der Waals surface area (Å²) in [4.78, 5) is 12.8. The minimum atomic E-state index is -0.142. The fraction of sp³-hybridized carbons (Fsp3) is 0.353. The zero-order chi connectivity index (χ0) is 15.7. The van der Waals surface area contributed by atoms with Crippen molar-refractivity contribution in [3.63, 3.8) is 0 Å². The van der Waals surface area contributed by atoms with Crippen molar-refractivity contribution in [1.29, 1.82) is 0 Å². The second-order valence-corrected chi connectivity index (χ2v) is 5.63. The molecule has 0 aromatic heterocycles. The van der Waals surface area contributed by atoms with Crippen LogP contribution in [0.1, 0.15) is 34.6 Å². The van der Waals surface area contributed by atoms with E-state index in [0.717, 1.165) is 11.1 Å². The highest BCUT2D eigenvalue weighted by molar-refractivity contribution is 8.06. The SMILES string of the molecule is C#CC(SC=C(C)C)=C(C)C(=O)NC(C)C(C)=CC=C. The molecule has 1 atom stereocenters. The number of carbonyl (C=O) groups is 1. The second kappa shape index (κ2) is 9.28. The molecule has 1 N–H and O–H groups in total. The molecule has 0 saturated heterocycles. The molecule has 0 aliphatic carbocycles. The Morgan fingerprint density at radius 2 is 1.95 bits per heavy atom. The van der Waals surface area contributed by atoms with Gasteiger partial charge >= 0.3 is 0 Å². The Kier molecular flexibility index (Phi) is 8.51. The van der Waals surface area contributed by atoms with E-state index in [1.807, 2.05) is 39.2 Å². The third kappa shape index (κ3) is 6.49. The molecule has 0 aromatic rings. The highest BCUT2D eigenvalue weighted by Crippen LogP contribution is 2.22. The van der Waals surface area contributed by atoms with Gasteiger partial charge in [0.15, 0.2) is 0 Å². The van der Waals surface area contributed by atoms with Crippen LogP contribution in [0.15, 0.2) is 45.8 Å². The van der Waals surface area contributed by atoms with Crippen LogP contribution in [0.2, 0.25) is 0 Å². The normalized spacial score (nSPS) is 13.7. The van der Waals surface area contributed by atoms with Crippen molar-refractivity contribution in [3.8, 4) is 12.3 Å². The molecule has 0 saturated carbocycles. The number of terminal acetylenes is 1. The van der Waals surface area contributed by atoms with Crippen LogP contribution in [0.3, 0.4) is 0 Å². The molecule has 3 heteroatoms. The Bertz CT molecular complexity index is 500. The maximum atomic E-state index is 12.2. The van der Waals surface area contributed by atoms with Gasteiger partial charge in [-0.15, -0.1) is 6.42 Å². The highest BCUT2D eigenvalue weighted by Gasteiger charge is 2.13. The van der Waals surface area contributed by atoms with Crippen molar-refractivity contribution in [2.24, 2.45) is 0 Å². The molecule has 0 radical (unpaired) electrons. The van der Waals surface area contributed by atoms with Crippen molar-refractivity contribution in [1.82, 2.24) is 5.32 Å². The maximum Gasteiger partial charge on any atom is 0.249 e. The molecular formula is C17H23NOS. The average Bonchev–Trinajstić information content (AvgIpc) is 2.38. The van der Waals surface area contributed by atoms with Gasteiger partial charge in [0.25, 0.3) is 0 Å². The van der Waals surface area contributed by atoms with Gasteiger partial charge in [0.05, 0.1) is 4.91 Å². The van der Waals surface area contributed by atoms with Gasteiger partial charge in [-0.3, -0.25) is 4.79 Å². The van der Waals surface area contributed by atoms with E-state index in [9.17, 15) is 4.79 Å². The zero-order valence-electron chi connectivity index (χ0n) is 12.9. The Morgan fingerprint density at radius 3 is 2.40 bits per heavy atom. The van der Waals surface area contributed by atoms with Crippen molar-refractivity contribution < 1.29 is 4.79 Å². The van der Waals surface area contributed by atoms with E-state index >= 15 is 0 Å². The minimum absolute atomic E-state index is 0.0528. The fourth-order valence-corrected chi connectivity index (χ4v) is 1.95. The monoisotopic (exact) mass is 289 g/mol. The first-order valence-corrected chi connectivity index (χ1v) is 7.29. The third-order valence-electron chi connectivity index (χ3n) is 2.64. The van der Waals surface area contributed by atoms with E-state index in [2.05, 4.69) is 17.8 Å². The van der Waals surface area contributed by atoms with Gasteiger partial charge in [-0.2, -0.15) is 0 Å². The number of amides is 1. The lowest BCUT2D eigenvalue weighted by Crippen LogP contribution is -2.34. The molecule has 0 rings (SSSR count). The molecule has 0 bridgehead atoms. The van der Waals surface area contributed by atoms with Gasteiger partial charge in [0, 0.05) is 11.6 Å². The van der Waals surface area contributed by atoms with Gasteiger partial charge in [-0.25, -0.2) is 0 Å². The average molecular weight is 289 g/mol. The van der Waals surface area contributed by atoms with Crippen molar-refractivity contribution >= 4 is 17.7 Å². The lowest BCUT2D eigenvalue weighted by molar-refractivity contribution is -0.117. The summed E-state index contributed by atoms with van der Waals surface area (Å²) in [6.45, 7) is 13.2. The minimum Gasteiger partial charge on any atom is -0.346 e. The smallest absolute Gasteiger partial charge is 0.249 e. The van der Waals surface area contributed by atoms with E-state index in [1.165, 1.54) is 11.8 Å². The number of rotatable bonds is 6. The van der Waals surface area contributed by atoms with E-state index in [-0.39, 0.29) is 11.9 Å². The van der Waals surface area contributed by atoms with Crippen LogP contribution in [-0.2, 0) is 4.79 Å². The quantitative estimate of drug-likeness (QED) is 0.451. The molecule has 0 spiro atoms. The Morgan fingerprint density at radius 1 is 1.35 bits per heavy atom. The van der Waals surface area contributed by atoms with E-state index in [1.54, 1.807) is 13.0 Å². The molecule has 1 unspecified atom stereocenters. The number of hydrogen-bond donors (Lipinski definition) is 1. The molecule has 2 nitrogen and oxygen atoms in total. The van der Waals surface area contributed by atoms with Crippen LogP contribution in [0.4, 0.5) is 0 Å². The van der Waals surface area contributed by atoms with Crippen LogP contribution in [0.5, 0.6) is 0 Å². The zero-order valence-corrected chi connectivity index (χ0v) is 13.7. The van der Waals surface area contributed by atoms with Gasteiger partial charge < -0.3 is 5.32 Å². The molecule has 1 amide bonds. The third-order valence-corrected chi connectivity index (χ3v) is 3.89. The number of carbonyl (C=O) groups excluding carboxylic acids is 1. The predicted octanol–water partition coefficient (Wildman–Crippen LogP) is 4.19. The summed E-state index contributed by atoms with van der Waals surface area (Å²) in [5.74, 6) is 2.43. The fourth-order valence-electron chi connectivity index (χ4n) is 1.26. The molecule has 0 aromatic carbocycles. The Balaban J connectivity index is 4.99. The van der Waals surface area contributed by atoms with Gasteiger partial charge in [-0.05, 0) is 40.0 Å². The van der Waals surface area contributed by atoms with E-state index in [4.69, 9.17) is 6.42 Å². The molecule has 0 aliphatic heterocycles. The summed E-state index contributed by atoms with van der Waals surface area (Å²) in [5.41, 5.74) is 2.75. The van der Waals surface area contributed by atoms with Crippen LogP contribution in [0.25, 0.3) is 0 Å². The van der Waals surface area contributed by atoms with Crippen LogP contribution in [0, 0.1) is 12.3 Å². The molecular weight excluding hydrogens is 266 g/mol. The van der Waals surface area contributed by atoms with Gasteiger partial charge in [0.2, 0.25) is 5.91 Å². The topological polar surface area (TPSA) is 29.1 Å². The summed E-state index contributed by atoms with van der Waals surface area (Å²) in [7, 11) is 0. The largest absolute Gasteiger partial charge is 0.346 e. The first-order valence-electron chi connectivity index (χ1n) is 6.41. The summed E-state index contributed by atoms with van der Waals surface area (Å²) < 4.78 is 0. The summed E-state index contributed by atoms with van der Waals surface area (Å²) in [6, 6.07) is -0.0528. The lowest BCUT2D eigenvalue weighted by Gasteiger charge is -2.15. The summed E-state index contributed by atoms with van der Waals surface area (Å²) in [6.07, 6.45) is 9.06. The maximum absolute atomic E-state index is 12.2. The Labute approximate surface area is 127 Å². The van der Waals surface area contributed by atoms with E-state index in [0.29, 0.717) is 10.5 Å². The molecule has 0 aliphatic rings. The van der Waals surface area contributed by atoms with E-state index < -0.39 is 0 Å². The van der Waals surface area contributed by atoms with Crippen molar-refractivity contribution in [2.75, 3.05) is 0 Å². The first kappa shape index (κ1) is 18.3. The van der Waals surface area contributed by atoms with Crippen LogP contribution >= 0.6 is 11.8 Å². The second-order valence-electron chi connectivity index (χ2n) is 4.75. The van der Waals surface area contributed by atoms with Crippen molar-refractivity contribution in [3.05, 3.63) is 45.8 Å². The Hall–Kier alpha value is -1.66. The highest BCUT2D eigenvalue weighted by atomic mass is 32.2. The van der Waals surface area contributed by atoms with Crippen molar-refractivity contribution in [2.45, 2.75) is 40.7 Å². The molecule has 0 heterocycles. The summed E-state index contributed by atoms with van der Waals surface area (Å²) in [5, 5.41) is 4.87.